The molecule has 1 heterocycles. The van der Waals surface area contributed by atoms with Gasteiger partial charge in [-0.1, -0.05) is 0 Å². The molecule has 94 valence electrons. The average molecular weight is 253 g/mol. The van der Waals surface area contributed by atoms with Crippen LogP contribution < -0.4 is 5.32 Å². The van der Waals surface area contributed by atoms with Gasteiger partial charge in [0.05, 0.1) is 0 Å². The maximum atomic E-state index is 12.7. The number of alkyl halides is 2. The highest BCUT2D eigenvalue weighted by Gasteiger charge is 2.11. The minimum atomic E-state index is -2.65. The van der Waals surface area contributed by atoms with Crippen molar-refractivity contribution in [3.63, 3.8) is 0 Å². The van der Waals surface area contributed by atoms with Gasteiger partial charge in [-0.2, -0.15) is 0 Å². The highest BCUT2D eigenvalue weighted by molar-refractivity contribution is 5.56. The molecule has 0 fully saturated rings. The zero-order valence-electron chi connectivity index (χ0n) is 9.49. The van der Waals surface area contributed by atoms with Gasteiger partial charge in [0.1, 0.15) is 23.2 Å². The van der Waals surface area contributed by atoms with Crippen LogP contribution in [0.1, 0.15) is 17.9 Å². The Balaban J connectivity index is 2.26. The molecule has 1 aromatic heterocycles. The third-order valence-corrected chi connectivity index (χ3v) is 2.20. The summed E-state index contributed by atoms with van der Waals surface area (Å²) >= 11 is 0. The van der Waals surface area contributed by atoms with E-state index in [0.717, 1.165) is 0 Å². The summed E-state index contributed by atoms with van der Waals surface area (Å²) in [6.45, 7) is 1.53. The van der Waals surface area contributed by atoms with E-state index in [1.54, 1.807) is 0 Å². The summed E-state index contributed by atoms with van der Waals surface area (Å²) in [7, 11) is 0. The lowest BCUT2D eigenvalue weighted by Crippen LogP contribution is -2.01. The average Bonchev–Trinajstić information content (AvgIpc) is 2.31. The van der Waals surface area contributed by atoms with E-state index in [1.807, 2.05) is 0 Å². The molecule has 0 aliphatic heterocycles. The second-order valence-electron chi connectivity index (χ2n) is 3.66. The fourth-order valence-corrected chi connectivity index (χ4v) is 1.45. The van der Waals surface area contributed by atoms with Crippen molar-refractivity contribution in [1.82, 2.24) is 9.97 Å². The molecule has 2 aromatic rings. The van der Waals surface area contributed by atoms with Crippen LogP contribution in [-0.4, -0.2) is 9.97 Å². The highest BCUT2D eigenvalue weighted by Crippen LogP contribution is 2.21. The normalized spacial score (nSPS) is 10.7. The number of hydrogen-bond acceptors (Lipinski definition) is 3. The first-order chi connectivity index (χ1) is 8.54. The molecule has 2 rings (SSSR count). The number of aromatic nitrogens is 2. The van der Waals surface area contributed by atoms with Gasteiger partial charge < -0.3 is 5.32 Å². The molecule has 0 aliphatic rings. The number of nitrogens with one attached hydrogen (secondary N) is 1. The van der Waals surface area contributed by atoms with Gasteiger partial charge in [-0.05, 0) is 31.2 Å². The van der Waals surface area contributed by atoms with Crippen molar-refractivity contribution in [2.45, 2.75) is 13.3 Å². The number of benzene rings is 1. The monoisotopic (exact) mass is 253 g/mol. The van der Waals surface area contributed by atoms with E-state index in [1.165, 1.54) is 37.3 Å². The van der Waals surface area contributed by atoms with Crippen LogP contribution in [0.2, 0.25) is 0 Å². The number of aryl methyl sites for hydroxylation is 1. The molecule has 6 heteroatoms. The molecule has 1 aromatic carbocycles. The van der Waals surface area contributed by atoms with E-state index in [0.29, 0.717) is 5.69 Å². The van der Waals surface area contributed by atoms with Crippen LogP contribution in [0, 0.1) is 12.7 Å². The molecule has 0 saturated carbocycles. The maximum absolute atomic E-state index is 12.7. The quantitative estimate of drug-likeness (QED) is 0.908. The van der Waals surface area contributed by atoms with Crippen molar-refractivity contribution in [2.75, 3.05) is 5.32 Å². The molecule has 0 spiro atoms. The molecular formula is C12H10F3N3. The lowest BCUT2D eigenvalue weighted by atomic mass is 10.3. The summed E-state index contributed by atoms with van der Waals surface area (Å²) in [5.41, 5.74) is 0.224. The first-order valence-corrected chi connectivity index (χ1v) is 5.21. The van der Waals surface area contributed by atoms with Crippen molar-refractivity contribution < 1.29 is 13.2 Å². The Morgan fingerprint density at radius 1 is 1.11 bits per heavy atom. The summed E-state index contributed by atoms with van der Waals surface area (Å²) in [6.07, 6.45) is -2.65. The van der Waals surface area contributed by atoms with Gasteiger partial charge >= 0.3 is 0 Å². The van der Waals surface area contributed by atoms with Gasteiger partial charge in [0.25, 0.3) is 6.43 Å². The van der Waals surface area contributed by atoms with Crippen LogP contribution in [0.3, 0.4) is 0 Å². The fourth-order valence-electron chi connectivity index (χ4n) is 1.45. The van der Waals surface area contributed by atoms with Gasteiger partial charge in [0.2, 0.25) is 0 Å². The summed E-state index contributed by atoms with van der Waals surface area (Å²) in [5, 5.41) is 2.82. The first kappa shape index (κ1) is 12.3. The van der Waals surface area contributed by atoms with Crippen LogP contribution in [0.15, 0.2) is 30.3 Å². The number of hydrogen-bond donors (Lipinski definition) is 1. The molecule has 18 heavy (non-hydrogen) atoms. The molecule has 0 bridgehead atoms. The molecule has 1 N–H and O–H groups in total. The van der Waals surface area contributed by atoms with Crippen molar-refractivity contribution in [3.05, 3.63) is 47.7 Å². The second kappa shape index (κ2) is 5.03. The molecule has 0 aliphatic carbocycles. The zero-order valence-corrected chi connectivity index (χ0v) is 9.49. The number of halogens is 3. The lowest BCUT2D eigenvalue weighted by molar-refractivity contribution is 0.145. The van der Waals surface area contributed by atoms with E-state index in [-0.39, 0.29) is 23.2 Å². The summed E-state index contributed by atoms with van der Waals surface area (Å²) in [6, 6.07) is 6.69. The first-order valence-electron chi connectivity index (χ1n) is 5.21. The van der Waals surface area contributed by atoms with Crippen LogP contribution in [0.5, 0.6) is 0 Å². The highest BCUT2D eigenvalue weighted by atomic mass is 19.3. The Morgan fingerprint density at radius 2 is 1.78 bits per heavy atom. The van der Waals surface area contributed by atoms with Crippen molar-refractivity contribution >= 4 is 11.5 Å². The minimum absolute atomic E-state index is 0.248. The number of rotatable bonds is 3. The van der Waals surface area contributed by atoms with Crippen molar-refractivity contribution in [2.24, 2.45) is 0 Å². The van der Waals surface area contributed by atoms with Crippen LogP contribution in [0.25, 0.3) is 0 Å². The zero-order chi connectivity index (χ0) is 13.1. The Kier molecular flexibility index (Phi) is 3.45. The molecule has 0 atom stereocenters. The topological polar surface area (TPSA) is 37.8 Å². The lowest BCUT2D eigenvalue weighted by Gasteiger charge is -2.08. The van der Waals surface area contributed by atoms with Gasteiger partial charge in [-0.3, -0.25) is 0 Å². The summed E-state index contributed by atoms with van der Waals surface area (Å²) < 4.78 is 37.8. The largest absolute Gasteiger partial charge is 0.340 e. The molecule has 0 unspecified atom stereocenters. The van der Waals surface area contributed by atoms with E-state index < -0.39 is 6.43 Å². The third-order valence-electron chi connectivity index (χ3n) is 2.20. The van der Waals surface area contributed by atoms with E-state index in [9.17, 15) is 13.2 Å². The summed E-state index contributed by atoms with van der Waals surface area (Å²) in [4.78, 5) is 7.61. The molecule has 0 radical (unpaired) electrons. The Bertz CT molecular complexity index is 541. The SMILES string of the molecule is Cc1nc(Nc2ccc(F)cc2)cc(C(F)F)n1. The molecular weight excluding hydrogens is 243 g/mol. The van der Waals surface area contributed by atoms with E-state index in [4.69, 9.17) is 0 Å². The van der Waals surface area contributed by atoms with Crippen LogP contribution in [0.4, 0.5) is 24.7 Å². The Morgan fingerprint density at radius 3 is 2.39 bits per heavy atom. The molecule has 0 saturated heterocycles. The smallest absolute Gasteiger partial charge is 0.280 e. The predicted octanol–water partition coefficient (Wildman–Crippen LogP) is 3.61. The molecule has 3 nitrogen and oxygen atoms in total. The van der Waals surface area contributed by atoms with Crippen LogP contribution in [-0.2, 0) is 0 Å². The van der Waals surface area contributed by atoms with Crippen LogP contribution >= 0.6 is 0 Å². The Hall–Kier alpha value is -2.11. The van der Waals surface area contributed by atoms with Crippen molar-refractivity contribution in [1.29, 1.82) is 0 Å². The maximum Gasteiger partial charge on any atom is 0.280 e. The van der Waals surface area contributed by atoms with E-state index >= 15 is 0 Å². The van der Waals surface area contributed by atoms with Gasteiger partial charge in [-0.25, -0.2) is 23.1 Å². The standard InChI is InChI=1S/C12H10F3N3/c1-7-16-10(12(14)15)6-11(17-7)18-9-4-2-8(13)3-5-9/h2-6,12H,1H3,(H,16,17,18). The van der Waals surface area contributed by atoms with Gasteiger partial charge in [0.15, 0.2) is 0 Å². The third kappa shape index (κ3) is 2.97. The fraction of sp³-hybridized carbons (Fsp3) is 0.167. The van der Waals surface area contributed by atoms with Gasteiger partial charge in [0, 0.05) is 11.8 Å². The molecule has 0 amide bonds. The summed E-state index contributed by atoms with van der Waals surface area (Å²) in [5.74, 6) is 0.134. The van der Waals surface area contributed by atoms with Gasteiger partial charge in [-0.15, -0.1) is 0 Å². The number of anilines is 2. The Labute approximate surface area is 102 Å². The van der Waals surface area contributed by atoms with E-state index in [2.05, 4.69) is 15.3 Å². The van der Waals surface area contributed by atoms with Crippen molar-refractivity contribution in [3.8, 4) is 0 Å². The second-order valence-corrected chi connectivity index (χ2v) is 3.66. The minimum Gasteiger partial charge on any atom is -0.340 e. The predicted molar refractivity (Wildman–Crippen MR) is 61.4 cm³/mol. The number of nitrogens with zero attached hydrogens (tertiary/aromatic N) is 2.